The number of halogens is 2. The van der Waals surface area contributed by atoms with Crippen LogP contribution in [0.4, 0.5) is 0 Å². The second-order valence-electron chi connectivity index (χ2n) is 16.0. The van der Waals surface area contributed by atoms with E-state index in [0.29, 0.717) is 64.3 Å². The number of carbonyl (C=O) groups is 4. The third-order valence-corrected chi connectivity index (χ3v) is 16.8. The van der Waals surface area contributed by atoms with Gasteiger partial charge in [-0.2, -0.15) is 0 Å². The van der Waals surface area contributed by atoms with E-state index in [1.54, 1.807) is 85.9 Å². The Morgan fingerprint density at radius 1 is 0.545 bits per heavy atom. The van der Waals surface area contributed by atoms with Crippen molar-refractivity contribution < 1.29 is 28.7 Å². The number of thioether (sulfide) groups is 2. The molecule has 0 bridgehead atoms. The maximum absolute atomic E-state index is 14.3. The van der Waals surface area contributed by atoms with Crippen LogP contribution in [0.1, 0.15) is 98.4 Å². The van der Waals surface area contributed by atoms with Crippen molar-refractivity contribution in [2.24, 2.45) is 0 Å². The summed E-state index contributed by atoms with van der Waals surface area (Å²) in [7, 11) is 0. The van der Waals surface area contributed by atoms with Crippen LogP contribution >= 0.6 is 69.4 Å². The Morgan fingerprint density at radius 2 is 0.909 bits per heavy atom. The summed E-state index contributed by atoms with van der Waals surface area (Å²) >= 11 is 18.4. The lowest BCUT2D eigenvalue weighted by molar-refractivity contribution is 0.0521. The Balaban J connectivity index is 1.05. The summed E-state index contributed by atoms with van der Waals surface area (Å²) in [6.07, 6.45) is 4.03. The quantitative estimate of drug-likeness (QED) is 0.0604. The van der Waals surface area contributed by atoms with Crippen molar-refractivity contribution in [3.05, 3.63) is 173 Å². The highest BCUT2D eigenvalue weighted by Gasteiger charge is 2.32. The molecule has 0 saturated carbocycles. The Kier molecular flexibility index (Phi) is 13.0. The van der Waals surface area contributed by atoms with E-state index in [4.69, 9.17) is 32.7 Å². The van der Waals surface area contributed by atoms with E-state index < -0.39 is 11.9 Å². The molecular weight excluding hydrogens is 948 g/mol. The molecule has 0 saturated heterocycles. The number of thiophene rings is 2. The lowest BCUT2D eigenvalue weighted by Crippen LogP contribution is -2.07. The van der Waals surface area contributed by atoms with Crippen LogP contribution in [0.5, 0.6) is 0 Å². The van der Waals surface area contributed by atoms with Crippen LogP contribution in [0.25, 0.3) is 32.8 Å². The molecule has 334 valence electrons. The molecule has 14 heteroatoms. The van der Waals surface area contributed by atoms with E-state index in [0.717, 1.165) is 63.9 Å². The van der Waals surface area contributed by atoms with E-state index in [-0.39, 0.29) is 24.8 Å². The smallest absolute Gasteiger partial charge is 0.341 e. The number of nitrogens with zero attached hydrogens (tertiary/aromatic N) is 2. The summed E-state index contributed by atoms with van der Waals surface area (Å²) in [5.41, 5.74) is 10.9. The largest absolute Gasteiger partial charge is 0.462 e. The van der Waals surface area contributed by atoms with Gasteiger partial charge in [-0.1, -0.05) is 59.6 Å². The molecule has 0 aliphatic carbocycles. The Morgan fingerprint density at radius 3 is 1.26 bits per heavy atom. The standard InChI is InChI=1S/C52H42Cl2N2O6S4/c1-7-61-49(59)39-37-43(55-23-27(3)21-29(5)41(39)55)51(65-47(37)45(57)33-13-17-35(53)18-14-33)63-25-31-9-11-32(12-10-31)26-64-52-44-38(48(66-52)46(58)34-15-19-36(54)20-16-34)40(50(60)62-8-2)42-30(6)22-28(4)24-56(42)44/h9-24H,7-8,25-26H2,1-6H3. The minimum atomic E-state index is -0.465. The minimum Gasteiger partial charge on any atom is -0.462 e. The number of carbonyl (C=O) groups excluding carboxylic acids is 4. The molecule has 0 aliphatic heterocycles. The highest BCUT2D eigenvalue weighted by atomic mass is 35.5. The number of hydrogen-bond acceptors (Lipinski definition) is 10. The number of ether oxygens (including phenoxy) is 2. The van der Waals surface area contributed by atoms with Gasteiger partial charge in [0.2, 0.25) is 11.6 Å². The number of benzene rings is 3. The number of esters is 2. The summed E-state index contributed by atoms with van der Waals surface area (Å²) in [6.45, 7) is 11.9. The van der Waals surface area contributed by atoms with E-state index >= 15 is 0 Å². The fourth-order valence-corrected chi connectivity index (χ4v) is 13.8. The molecule has 0 amide bonds. The first-order chi connectivity index (χ1) is 31.8. The predicted octanol–water partition coefficient (Wildman–Crippen LogP) is 14.6. The zero-order valence-electron chi connectivity index (χ0n) is 36.8. The van der Waals surface area contributed by atoms with Gasteiger partial charge >= 0.3 is 11.9 Å². The molecule has 66 heavy (non-hydrogen) atoms. The maximum atomic E-state index is 14.3. The van der Waals surface area contributed by atoms with Gasteiger partial charge in [-0.15, -0.1) is 46.2 Å². The summed E-state index contributed by atoms with van der Waals surface area (Å²) in [4.78, 5) is 57.1. The topological polar surface area (TPSA) is 95.6 Å². The van der Waals surface area contributed by atoms with Crippen LogP contribution < -0.4 is 0 Å². The van der Waals surface area contributed by atoms with Gasteiger partial charge in [-0.3, -0.25) is 9.59 Å². The molecular formula is C52H42Cl2N2O6S4. The third kappa shape index (κ3) is 8.37. The number of hydrogen-bond donors (Lipinski definition) is 0. The summed E-state index contributed by atoms with van der Waals surface area (Å²) in [5.74, 6) is -0.0907. The van der Waals surface area contributed by atoms with Crippen molar-refractivity contribution in [1.82, 2.24) is 8.80 Å². The average Bonchev–Trinajstić information content (AvgIpc) is 4.04. The number of aromatic nitrogens is 2. The molecule has 9 aromatic rings. The number of fused-ring (bicyclic) bond motifs is 6. The van der Waals surface area contributed by atoms with Crippen molar-refractivity contribution in [3.8, 4) is 0 Å². The van der Waals surface area contributed by atoms with Gasteiger partial charge in [0.25, 0.3) is 0 Å². The molecule has 0 radical (unpaired) electrons. The molecule has 9 rings (SSSR count). The lowest BCUT2D eigenvalue weighted by Gasteiger charge is -2.08. The molecule has 0 spiro atoms. The van der Waals surface area contributed by atoms with Crippen LogP contribution in [0.15, 0.2) is 106 Å². The molecule has 0 N–H and O–H groups in total. The number of aryl methyl sites for hydroxylation is 4. The number of rotatable bonds is 14. The first-order valence-electron chi connectivity index (χ1n) is 21.2. The predicted molar refractivity (Wildman–Crippen MR) is 272 cm³/mol. The highest BCUT2D eigenvalue weighted by molar-refractivity contribution is 8.01. The molecule has 0 aliphatic rings. The summed E-state index contributed by atoms with van der Waals surface area (Å²) in [5, 5.41) is 2.25. The number of ketones is 2. The van der Waals surface area contributed by atoms with Crippen LogP contribution in [-0.4, -0.2) is 45.5 Å². The highest BCUT2D eigenvalue weighted by Crippen LogP contribution is 2.47. The van der Waals surface area contributed by atoms with Gasteiger partial charge in [0, 0.05) is 55.8 Å². The average molecular weight is 990 g/mol. The van der Waals surface area contributed by atoms with E-state index in [9.17, 15) is 19.2 Å². The Bertz CT molecular complexity index is 3190. The molecule has 3 aromatic carbocycles. The van der Waals surface area contributed by atoms with Crippen LogP contribution in [0.2, 0.25) is 10.0 Å². The molecule has 0 atom stereocenters. The van der Waals surface area contributed by atoms with Crippen molar-refractivity contribution in [1.29, 1.82) is 0 Å². The van der Waals surface area contributed by atoms with Crippen molar-refractivity contribution in [2.75, 3.05) is 13.2 Å². The fraction of sp³-hybridized carbons (Fsp3) is 0.192. The first kappa shape index (κ1) is 45.8. The van der Waals surface area contributed by atoms with Crippen molar-refractivity contribution in [3.63, 3.8) is 0 Å². The van der Waals surface area contributed by atoms with Crippen molar-refractivity contribution in [2.45, 2.75) is 61.5 Å². The zero-order chi connectivity index (χ0) is 46.6. The molecule has 8 nitrogen and oxygen atoms in total. The Hall–Kier alpha value is -5.34. The summed E-state index contributed by atoms with van der Waals surface area (Å²) in [6, 6.07) is 26.2. The lowest BCUT2D eigenvalue weighted by atomic mass is 10.0. The molecule has 0 unspecified atom stereocenters. The fourth-order valence-electron chi connectivity index (χ4n) is 8.55. The summed E-state index contributed by atoms with van der Waals surface area (Å²) < 4.78 is 17.2. The third-order valence-electron chi connectivity index (χ3n) is 11.3. The van der Waals surface area contributed by atoms with Crippen LogP contribution in [0.3, 0.4) is 0 Å². The number of pyridine rings is 2. The van der Waals surface area contributed by atoms with E-state index in [2.05, 4.69) is 24.3 Å². The van der Waals surface area contributed by atoms with Gasteiger partial charge in [0.05, 0.1) is 64.6 Å². The monoisotopic (exact) mass is 988 g/mol. The maximum Gasteiger partial charge on any atom is 0.341 e. The van der Waals surface area contributed by atoms with Crippen LogP contribution in [0, 0.1) is 27.7 Å². The molecule has 0 fully saturated rings. The van der Waals surface area contributed by atoms with Gasteiger partial charge in [-0.05, 0) is 123 Å². The van der Waals surface area contributed by atoms with Gasteiger partial charge in [-0.25, -0.2) is 9.59 Å². The van der Waals surface area contributed by atoms with Crippen molar-refractivity contribution >= 4 is 126 Å². The molecule has 6 aromatic heterocycles. The minimum absolute atomic E-state index is 0.189. The van der Waals surface area contributed by atoms with Crippen LogP contribution in [-0.2, 0) is 21.0 Å². The molecule has 6 heterocycles. The normalized spacial score (nSPS) is 11.6. The van der Waals surface area contributed by atoms with E-state index in [1.165, 1.54) is 22.7 Å². The zero-order valence-corrected chi connectivity index (χ0v) is 41.6. The van der Waals surface area contributed by atoms with E-state index in [1.807, 2.05) is 61.0 Å². The van der Waals surface area contributed by atoms with Gasteiger partial charge < -0.3 is 18.3 Å². The SMILES string of the molecule is CCOC(=O)c1c2c(C(=O)c3ccc(Cl)cc3)sc(SCc3ccc(CSc4sc(C(=O)c5ccc(Cl)cc5)c5c(C(=O)OCC)c6c(C)cc(C)cn6c45)cc3)c2n2cc(C)cc(C)c12. The Labute approximate surface area is 407 Å². The van der Waals surface area contributed by atoms with Gasteiger partial charge in [0.1, 0.15) is 0 Å². The second kappa shape index (κ2) is 18.7. The second-order valence-corrected chi connectivity index (χ2v) is 21.4. The van der Waals surface area contributed by atoms with Gasteiger partial charge in [0.15, 0.2) is 0 Å². The first-order valence-corrected chi connectivity index (χ1v) is 25.6.